The quantitative estimate of drug-likeness (QED) is 0.0272. The number of rotatable bonds is 59. The molecule has 0 aliphatic heterocycles. The fraction of sp³-hybridized carbons (Fsp3) is 0.806. The van der Waals surface area contributed by atoms with Gasteiger partial charge >= 0.3 is 0 Å². The third-order valence-corrected chi connectivity index (χ3v) is 15.3. The van der Waals surface area contributed by atoms with Gasteiger partial charge in [-0.3, -0.25) is 9.36 Å². The average Bonchev–Trinajstić information content (AvgIpc) is 3.38. The standard InChI is InChI=1S/C67H125N2O6P/c1-6-8-10-12-14-16-18-20-22-23-24-25-26-27-28-29-30-31-32-33-34-35-36-37-38-39-40-41-42-43-44-45-47-49-51-53-55-57-59-61-67(71)68-65(64-75-76(72,73)74-63-62-69(3,4)5)66(70)60-58-56-54-52-50-48-46-21-19-17-15-13-11-9-7-2/h18-21,23-24,26-27,50,52,58,60,65-66,70H,6-17,22,25,28-49,51,53-57,59,61-64H2,1-5H3,(H-,68,71,72,73)/b20-18-,21-19+,24-23-,27-26-,52-50+,60-58+. The summed E-state index contributed by atoms with van der Waals surface area (Å²) < 4.78 is 23.3. The molecule has 0 aliphatic rings. The number of likely N-dealkylation sites (N-methyl/N-ethyl adjacent to an activating group) is 1. The highest BCUT2D eigenvalue weighted by Gasteiger charge is 2.23. The zero-order valence-electron chi connectivity index (χ0n) is 50.7. The van der Waals surface area contributed by atoms with Gasteiger partial charge in [-0.25, -0.2) is 0 Å². The Bertz CT molecular complexity index is 1470. The lowest BCUT2D eigenvalue weighted by Gasteiger charge is -2.29. The van der Waals surface area contributed by atoms with E-state index in [1.54, 1.807) is 6.08 Å². The molecule has 0 aromatic rings. The van der Waals surface area contributed by atoms with Crippen LogP contribution in [0.1, 0.15) is 296 Å². The van der Waals surface area contributed by atoms with Crippen molar-refractivity contribution in [2.45, 2.75) is 309 Å². The van der Waals surface area contributed by atoms with Crippen molar-refractivity contribution in [3.8, 4) is 0 Å². The first-order valence-corrected chi connectivity index (χ1v) is 33.8. The summed E-state index contributed by atoms with van der Waals surface area (Å²) in [4.78, 5) is 25.5. The average molecular weight is 1090 g/mol. The Hall–Kier alpha value is -2.06. The lowest BCUT2D eigenvalue weighted by Crippen LogP contribution is -2.45. The van der Waals surface area contributed by atoms with Gasteiger partial charge in [-0.05, 0) is 83.5 Å². The van der Waals surface area contributed by atoms with Crippen LogP contribution >= 0.6 is 7.82 Å². The number of allylic oxidation sites excluding steroid dienone is 11. The number of amides is 1. The molecule has 9 heteroatoms. The number of phosphoric ester groups is 1. The molecule has 0 aromatic carbocycles. The number of hydrogen-bond acceptors (Lipinski definition) is 6. The third kappa shape index (κ3) is 59.6. The van der Waals surface area contributed by atoms with E-state index in [0.29, 0.717) is 17.4 Å². The van der Waals surface area contributed by atoms with Crippen molar-refractivity contribution in [3.63, 3.8) is 0 Å². The molecule has 0 aliphatic carbocycles. The van der Waals surface area contributed by atoms with Gasteiger partial charge in [-0.1, -0.05) is 279 Å². The van der Waals surface area contributed by atoms with Crippen molar-refractivity contribution in [3.05, 3.63) is 72.9 Å². The smallest absolute Gasteiger partial charge is 0.268 e. The normalized spacial score (nSPS) is 14.2. The topological polar surface area (TPSA) is 108 Å². The van der Waals surface area contributed by atoms with Crippen molar-refractivity contribution < 1.29 is 32.9 Å². The molecule has 0 aromatic heterocycles. The SMILES string of the molecule is CCCCCCC/C=C\C/C=C\C/C=C\CCCCCCCCCCCCCCCCCCCCCCCCCCC(=O)NC(COP(=O)([O-])OCC[N+](C)(C)C)C(O)/C=C/CC/C=C/CC/C=C/CCCCCCC. The molecule has 0 radical (unpaired) electrons. The molecular formula is C67H125N2O6P. The molecule has 0 saturated carbocycles. The zero-order valence-corrected chi connectivity index (χ0v) is 51.6. The second kappa shape index (κ2) is 57.6. The second-order valence-electron chi connectivity index (χ2n) is 23.1. The van der Waals surface area contributed by atoms with Crippen molar-refractivity contribution in [1.29, 1.82) is 0 Å². The van der Waals surface area contributed by atoms with E-state index in [4.69, 9.17) is 9.05 Å². The highest BCUT2D eigenvalue weighted by molar-refractivity contribution is 7.45. The Morgan fingerprint density at radius 2 is 0.776 bits per heavy atom. The number of aliphatic hydroxyl groups is 1. The zero-order chi connectivity index (χ0) is 55.6. The molecule has 3 atom stereocenters. The Kier molecular flexibility index (Phi) is 56.1. The molecule has 0 heterocycles. The predicted octanol–water partition coefficient (Wildman–Crippen LogP) is 19.6. The summed E-state index contributed by atoms with van der Waals surface area (Å²) in [6, 6.07) is -0.910. The van der Waals surface area contributed by atoms with Crippen molar-refractivity contribution in [2.24, 2.45) is 0 Å². The van der Waals surface area contributed by atoms with E-state index in [-0.39, 0.29) is 12.5 Å². The molecule has 76 heavy (non-hydrogen) atoms. The van der Waals surface area contributed by atoms with Crippen molar-refractivity contribution >= 4 is 13.7 Å². The van der Waals surface area contributed by atoms with E-state index in [1.165, 1.54) is 218 Å². The van der Waals surface area contributed by atoms with Crippen LogP contribution in [0.3, 0.4) is 0 Å². The summed E-state index contributed by atoms with van der Waals surface area (Å²) in [7, 11) is 1.24. The summed E-state index contributed by atoms with van der Waals surface area (Å²) in [5.41, 5.74) is 0. The highest BCUT2D eigenvalue weighted by Crippen LogP contribution is 2.38. The Morgan fingerprint density at radius 1 is 0.461 bits per heavy atom. The van der Waals surface area contributed by atoms with Crippen LogP contribution in [-0.2, 0) is 18.4 Å². The van der Waals surface area contributed by atoms with Gasteiger partial charge in [0.25, 0.3) is 7.82 Å². The van der Waals surface area contributed by atoms with E-state index < -0.39 is 26.6 Å². The highest BCUT2D eigenvalue weighted by atomic mass is 31.2. The van der Waals surface area contributed by atoms with Crippen LogP contribution in [0.25, 0.3) is 0 Å². The van der Waals surface area contributed by atoms with Gasteiger partial charge < -0.3 is 28.8 Å². The Morgan fingerprint density at radius 3 is 1.16 bits per heavy atom. The molecule has 2 N–H and O–H groups in total. The lowest BCUT2D eigenvalue weighted by atomic mass is 10.0. The van der Waals surface area contributed by atoms with Gasteiger partial charge in [0.15, 0.2) is 0 Å². The van der Waals surface area contributed by atoms with Crippen LogP contribution in [0.4, 0.5) is 0 Å². The second-order valence-corrected chi connectivity index (χ2v) is 24.5. The Balaban J connectivity index is 3.95. The maximum Gasteiger partial charge on any atom is 0.268 e. The first-order chi connectivity index (χ1) is 37.0. The van der Waals surface area contributed by atoms with E-state index >= 15 is 0 Å². The number of carbonyl (C=O) groups excluding carboxylic acids is 1. The van der Waals surface area contributed by atoms with E-state index in [9.17, 15) is 19.4 Å². The van der Waals surface area contributed by atoms with Crippen LogP contribution in [-0.4, -0.2) is 68.5 Å². The van der Waals surface area contributed by atoms with E-state index in [0.717, 1.165) is 57.8 Å². The number of quaternary nitrogens is 1. The van der Waals surface area contributed by atoms with Gasteiger partial charge in [0.2, 0.25) is 5.91 Å². The van der Waals surface area contributed by atoms with Crippen LogP contribution < -0.4 is 10.2 Å². The summed E-state index contributed by atoms with van der Waals surface area (Å²) in [6.45, 7) is 4.61. The molecule has 0 rings (SSSR count). The summed E-state index contributed by atoms with van der Waals surface area (Å²) in [6.07, 6.45) is 80.2. The minimum Gasteiger partial charge on any atom is -0.756 e. The fourth-order valence-corrected chi connectivity index (χ4v) is 10.0. The van der Waals surface area contributed by atoms with Crippen molar-refractivity contribution in [1.82, 2.24) is 5.32 Å². The minimum absolute atomic E-state index is 0.00951. The van der Waals surface area contributed by atoms with Crippen molar-refractivity contribution in [2.75, 3.05) is 40.9 Å². The largest absolute Gasteiger partial charge is 0.756 e. The van der Waals surface area contributed by atoms with Gasteiger partial charge in [0, 0.05) is 6.42 Å². The number of unbranched alkanes of at least 4 members (excludes halogenated alkanes) is 36. The molecule has 1 amide bonds. The molecule has 444 valence electrons. The monoisotopic (exact) mass is 1080 g/mol. The van der Waals surface area contributed by atoms with Gasteiger partial charge in [0.05, 0.1) is 39.9 Å². The van der Waals surface area contributed by atoms with E-state index in [1.807, 2.05) is 27.2 Å². The summed E-state index contributed by atoms with van der Waals surface area (Å²) >= 11 is 0. The number of nitrogens with zero attached hydrogens (tertiary/aromatic N) is 1. The maximum absolute atomic E-state index is 13.0. The fourth-order valence-electron chi connectivity index (χ4n) is 9.31. The molecular weight excluding hydrogens is 960 g/mol. The Labute approximate surface area is 472 Å². The molecule has 0 saturated heterocycles. The number of nitrogens with one attached hydrogen (secondary N) is 1. The molecule has 0 bridgehead atoms. The first kappa shape index (κ1) is 73.9. The van der Waals surface area contributed by atoms with Crippen LogP contribution in [0.5, 0.6) is 0 Å². The molecule has 8 nitrogen and oxygen atoms in total. The van der Waals surface area contributed by atoms with Gasteiger partial charge in [0.1, 0.15) is 13.2 Å². The number of hydrogen-bond donors (Lipinski definition) is 2. The first-order valence-electron chi connectivity index (χ1n) is 32.3. The summed E-state index contributed by atoms with van der Waals surface area (Å²) in [5, 5.41) is 13.8. The molecule has 3 unspecified atom stereocenters. The maximum atomic E-state index is 13.0. The van der Waals surface area contributed by atoms with E-state index in [2.05, 4.69) is 79.9 Å². The van der Waals surface area contributed by atoms with Crippen LogP contribution in [0.15, 0.2) is 72.9 Å². The number of phosphoric acid groups is 1. The third-order valence-electron chi connectivity index (χ3n) is 14.4. The predicted molar refractivity (Wildman–Crippen MR) is 330 cm³/mol. The number of carbonyl (C=O) groups is 1. The van der Waals surface area contributed by atoms with Crippen LogP contribution in [0.2, 0.25) is 0 Å². The minimum atomic E-state index is -4.61. The van der Waals surface area contributed by atoms with Gasteiger partial charge in [-0.2, -0.15) is 0 Å². The summed E-state index contributed by atoms with van der Waals surface area (Å²) in [5.74, 6) is -0.209. The lowest BCUT2D eigenvalue weighted by molar-refractivity contribution is -0.870. The number of aliphatic hydroxyl groups excluding tert-OH is 1. The molecule has 0 fully saturated rings. The molecule has 0 spiro atoms. The van der Waals surface area contributed by atoms with Crippen LogP contribution in [0, 0.1) is 0 Å². The van der Waals surface area contributed by atoms with Gasteiger partial charge in [-0.15, -0.1) is 0 Å².